The normalized spacial score (nSPS) is 19.9. The second-order valence-corrected chi connectivity index (χ2v) is 3.54. The van der Waals surface area contributed by atoms with Crippen LogP contribution in [-0.2, 0) is 12.8 Å². The van der Waals surface area contributed by atoms with Crippen molar-refractivity contribution in [3.8, 4) is 0 Å². The maximum absolute atomic E-state index is 10.5. The molecule has 2 heteroatoms. The lowest BCUT2D eigenvalue weighted by atomic mass is 10.1. The molecule has 1 aromatic carbocycles. The first-order chi connectivity index (χ1) is 6.33. The monoisotopic (exact) mass is 175 g/mol. The molecule has 0 bridgehead atoms. The predicted molar refractivity (Wildman–Crippen MR) is 52.1 cm³/mol. The van der Waals surface area contributed by atoms with Crippen LogP contribution in [0.3, 0.4) is 0 Å². The molecule has 2 nitrogen and oxygen atoms in total. The molecular formula is C11H13NO. The number of carbonyl (C=O) groups is 1. The van der Waals surface area contributed by atoms with Gasteiger partial charge in [-0.1, -0.05) is 12.1 Å². The maximum Gasteiger partial charge on any atom is 0.150 e. The molecule has 1 aliphatic carbocycles. The highest BCUT2D eigenvalue weighted by Crippen LogP contribution is 2.22. The molecule has 0 amide bonds. The zero-order valence-corrected chi connectivity index (χ0v) is 7.71. The minimum atomic E-state index is 0.553. The third-order valence-electron chi connectivity index (χ3n) is 2.71. The number of nitrogens with one attached hydrogen (secondary N) is 1. The van der Waals surface area contributed by atoms with Crippen LogP contribution in [0.5, 0.6) is 0 Å². The van der Waals surface area contributed by atoms with Crippen LogP contribution < -0.4 is 5.32 Å². The van der Waals surface area contributed by atoms with Gasteiger partial charge in [0.2, 0.25) is 0 Å². The summed E-state index contributed by atoms with van der Waals surface area (Å²) in [7, 11) is 1.98. The van der Waals surface area contributed by atoms with E-state index in [-0.39, 0.29) is 0 Å². The van der Waals surface area contributed by atoms with E-state index in [0.29, 0.717) is 6.04 Å². The van der Waals surface area contributed by atoms with Gasteiger partial charge in [-0.25, -0.2) is 0 Å². The smallest absolute Gasteiger partial charge is 0.150 e. The van der Waals surface area contributed by atoms with Gasteiger partial charge in [0.05, 0.1) is 0 Å². The van der Waals surface area contributed by atoms with Gasteiger partial charge in [-0.05, 0) is 37.1 Å². The quantitative estimate of drug-likeness (QED) is 0.684. The minimum Gasteiger partial charge on any atom is -0.316 e. The Labute approximate surface area is 78.0 Å². The van der Waals surface area contributed by atoms with Crippen molar-refractivity contribution >= 4 is 6.29 Å². The highest BCUT2D eigenvalue weighted by atomic mass is 16.1. The Kier molecular flexibility index (Phi) is 2.15. The van der Waals surface area contributed by atoms with Crippen molar-refractivity contribution in [2.24, 2.45) is 0 Å². The molecule has 0 saturated carbocycles. The number of likely N-dealkylation sites (N-methyl/N-ethyl adjacent to an activating group) is 1. The fourth-order valence-corrected chi connectivity index (χ4v) is 1.92. The number of rotatable bonds is 2. The molecular weight excluding hydrogens is 162 g/mol. The molecule has 0 spiro atoms. The Morgan fingerprint density at radius 2 is 2.15 bits per heavy atom. The Morgan fingerprint density at radius 3 is 2.85 bits per heavy atom. The van der Waals surface area contributed by atoms with Gasteiger partial charge in [0.15, 0.2) is 0 Å². The van der Waals surface area contributed by atoms with E-state index in [0.717, 1.165) is 24.7 Å². The van der Waals surface area contributed by atoms with Crippen LogP contribution >= 0.6 is 0 Å². The van der Waals surface area contributed by atoms with E-state index in [1.165, 1.54) is 11.1 Å². The van der Waals surface area contributed by atoms with Crippen LogP contribution in [0.25, 0.3) is 0 Å². The van der Waals surface area contributed by atoms with Crippen LogP contribution in [0, 0.1) is 0 Å². The average molecular weight is 175 g/mol. The largest absolute Gasteiger partial charge is 0.316 e. The van der Waals surface area contributed by atoms with E-state index >= 15 is 0 Å². The highest BCUT2D eigenvalue weighted by molar-refractivity contribution is 5.75. The van der Waals surface area contributed by atoms with Crippen molar-refractivity contribution in [2.75, 3.05) is 7.05 Å². The Bertz CT molecular complexity index is 333. The van der Waals surface area contributed by atoms with Crippen molar-refractivity contribution in [2.45, 2.75) is 18.9 Å². The molecule has 1 atom stereocenters. The Balaban J connectivity index is 2.30. The van der Waals surface area contributed by atoms with E-state index in [1.54, 1.807) is 0 Å². The third kappa shape index (κ3) is 1.49. The van der Waals surface area contributed by atoms with Crippen LogP contribution in [0.2, 0.25) is 0 Å². The zero-order chi connectivity index (χ0) is 9.26. The molecule has 0 aromatic heterocycles. The maximum atomic E-state index is 10.5. The first kappa shape index (κ1) is 8.45. The van der Waals surface area contributed by atoms with Gasteiger partial charge in [0.1, 0.15) is 6.29 Å². The van der Waals surface area contributed by atoms with E-state index in [9.17, 15) is 4.79 Å². The number of hydrogen-bond acceptors (Lipinski definition) is 2. The highest BCUT2D eigenvalue weighted by Gasteiger charge is 2.19. The summed E-state index contributed by atoms with van der Waals surface area (Å²) in [6.45, 7) is 0. The molecule has 1 aromatic rings. The standard InChI is InChI=1S/C11H13NO/c1-12-11-5-9-3-2-8(7-13)4-10(9)6-11/h2-4,7,11-12H,5-6H2,1H3. The molecule has 0 radical (unpaired) electrons. The number of carbonyl (C=O) groups excluding carboxylic acids is 1. The predicted octanol–water partition coefficient (Wildman–Crippen LogP) is 1.19. The fourth-order valence-electron chi connectivity index (χ4n) is 1.92. The van der Waals surface area contributed by atoms with Gasteiger partial charge in [-0.2, -0.15) is 0 Å². The van der Waals surface area contributed by atoms with Gasteiger partial charge in [-0.15, -0.1) is 0 Å². The summed E-state index contributed by atoms with van der Waals surface area (Å²) in [5.74, 6) is 0. The second kappa shape index (κ2) is 3.30. The molecule has 1 aliphatic rings. The van der Waals surface area contributed by atoms with Gasteiger partial charge < -0.3 is 5.32 Å². The summed E-state index contributed by atoms with van der Waals surface area (Å²) in [5.41, 5.74) is 3.49. The Morgan fingerprint density at radius 1 is 1.38 bits per heavy atom. The van der Waals surface area contributed by atoms with Crippen LogP contribution in [0.4, 0.5) is 0 Å². The summed E-state index contributed by atoms with van der Waals surface area (Å²) in [5, 5.41) is 3.26. The van der Waals surface area contributed by atoms with Crippen LogP contribution in [-0.4, -0.2) is 19.4 Å². The van der Waals surface area contributed by atoms with Crippen LogP contribution in [0.15, 0.2) is 18.2 Å². The molecule has 0 fully saturated rings. The molecule has 0 aliphatic heterocycles. The molecule has 2 rings (SSSR count). The van der Waals surface area contributed by atoms with E-state index in [1.807, 2.05) is 19.2 Å². The van der Waals surface area contributed by atoms with Gasteiger partial charge in [-0.3, -0.25) is 4.79 Å². The van der Waals surface area contributed by atoms with E-state index in [2.05, 4.69) is 11.4 Å². The molecule has 1 N–H and O–H groups in total. The SMILES string of the molecule is CNC1Cc2ccc(C=O)cc2C1. The second-order valence-electron chi connectivity index (χ2n) is 3.54. The number of fused-ring (bicyclic) bond motifs is 1. The van der Waals surface area contributed by atoms with E-state index < -0.39 is 0 Å². The van der Waals surface area contributed by atoms with Gasteiger partial charge >= 0.3 is 0 Å². The first-order valence-corrected chi connectivity index (χ1v) is 4.57. The lowest BCUT2D eigenvalue weighted by Crippen LogP contribution is -2.24. The summed E-state index contributed by atoms with van der Waals surface area (Å²) in [6.07, 6.45) is 3.05. The van der Waals surface area contributed by atoms with Crippen molar-refractivity contribution in [1.82, 2.24) is 5.32 Å². The minimum absolute atomic E-state index is 0.553. The zero-order valence-electron chi connectivity index (χ0n) is 7.71. The molecule has 0 heterocycles. The lowest BCUT2D eigenvalue weighted by Gasteiger charge is -2.04. The van der Waals surface area contributed by atoms with Gasteiger partial charge in [0.25, 0.3) is 0 Å². The van der Waals surface area contributed by atoms with Crippen molar-refractivity contribution < 1.29 is 4.79 Å². The first-order valence-electron chi connectivity index (χ1n) is 4.57. The number of benzene rings is 1. The number of hydrogen-bond donors (Lipinski definition) is 1. The summed E-state index contributed by atoms with van der Waals surface area (Å²) in [6, 6.07) is 6.51. The molecule has 13 heavy (non-hydrogen) atoms. The molecule has 1 unspecified atom stereocenters. The third-order valence-corrected chi connectivity index (χ3v) is 2.71. The van der Waals surface area contributed by atoms with Gasteiger partial charge in [0, 0.05) is 11.6 Å². The summed E-state index contributed by atoms with van der Waals surface area (Å²) < 4.78 is 0. The average Bonchev–Trinajstić information content (AvgIpc) is 2.58. The van der Waals surface area contributed by atoms with Crippen molar-refractivity contribution in [3.63, 3.8) is 0 Å². The Hall–Kier alpha value is -1.15. The molecule has 0 saturated heterocycles. The lowest BCUT2D eigenvalue weighted by molar-refractivity contribution is 0.112. The summed E-state index contributed by atoms with van der Waals surface area (Å²) >= 11 is 0. The number of aldehydes is 1. The summed E-state index contributed by atoms with van der Waals surface area (Å²) in [4.78, 5) is 10.5. The van der Waals surface area contributed by atoms with Crippen molar-refractivity contribution in [1.29, 1.82) is 0 Å². The van der Waals surface area contributed by atoms with E-state index in [4.69, 9.17) is 0 Å². The van der Waals surface area contributed by atoms with Crippen LogP contribution in [0.1, 0.15) is 21.5 Å². The topological polar surface area (TPSA) is 29.1 Å². The fraction of sp³-hybridized carbons (Fsp3) is 0.364. The van der Waals surface area contributed by atoms with Crippen molar-refractivity contribution in [3.05, 3.63) is 34.9 Å². The molecule has 68 valence electrons.